The number of nitrogens with one attached hydrogen (secondary N) is 2. The van der Waals surface area contributed by atoms with Crippen LogP contribution in [0.2, 0.25) is 0 Å². The van der Waals surface area contributed by atoms with E-state index in [0.717, 1.165) is 38.1 Å². The first-order valence-corrected chi connectivity index (χ1v) is 6.60. The summed E-state index contributed by atoms with van der Waals surface area (Å²) in [4.78, 5) is 6.35. The van der Waals surface area contributed by atoms with Crippen molar-refractivity contribution in [3.05, 3.63) is 17.7 Å². The highest BCUT2D eigenvalue weighted by molar-refractivity contribution is 5.50. The summed E-state index contributed by atoms with van der Waals surface area (Å²) in [5.74, 6) is 0.494. The van der Waals surface area contributed by atoms with Gasteiger partial charge in [0.15, 0.2) is 0 Å². The lowest BCUT2D eigenvalue weighted by Crippen LogP contribution is -2.36. The molecular weight excluding hydrogens is 269 g/mol. The summed E-state index contributed by atoms with van der Waals surface area (Å²) in [6, 6.07) is 2.26. The van der Waals surface area contributed by atoms with Crippen molar-refractivity contribution in [1.82, 2.24) is 9.88 Å². The first-order valence-electron chi connectivity index (χ1n) is 6.60. The van der Waals surface area contributed by atoms with E-state index in [1.807, 2.05) is 7.05 Å². The van der Waals surface area contributed by atoms with E-state index < -0.39 is 11.7 Å². The second kappa shape index (κ2) is 5.87. The van der Waals surface area contributed by atoms with Crippen LogP contribution >= 0.6 is 0 Å². The van der Waals surface area contributed by atoms with Crippen LogP contribution in [0.1, 0.15) is 18.4 Å². The Bertz CT molecular complexity index is 453. The predicted molar refractivity (Wildman–Crippen MR) is 72.9 cm³/mol. The Labute approximate surface area is 116 Å². The summed E-state index contributed by atoms with van der Waals surface area (Å²) in [6.07, 6.45) is -2.55. The van der Waals surface area contributed by atoms with Gasteiger partial charge in [0.05, 0.1) is 5.56 Å². The van der Waals surface area contributed by atoms with Crippen LogP contribution in [0.15, 0.2) is 12.1 Å². The molecule has 1 aromatic rings. The number of aromatic nitrogens is 1. The van der Waals surface area contributed by atoms with Gasteiger partial charge in [0.25, 0.3) is 0 Å². The molecule has 2 heterocycles. The van der Waals surface area contributed by atoms with Crippen molar-refractivity contribution >= 4 is 11.6 Å². The molecule has 0 amide bonds. The molecular formula is C13H19F3N4. The van der Waals surface area contributed by atoms with Crippen LogP contribution in [0.25, 0.3) is 0 Å². The summed E-state index contributed by atoms with van der Waals surface area (Å²) < 4.78 is 38.5. The number of anilines is 2. The maximum Gasteiger partial charge on any atom is 0.416 e. The Hall–Kier alpha value is -1.50. The van der Waals surface area contributed by atoms with E-state index in [-0.39, 0.29) is 17.7 Å². The summed E-state index contributed by atoms with van der Waals surface area (Å²) in [5, 5.41) is 5.78. The van der Waals surface area contributed by atoms with Gasteiger partial charge in [-0.25, -0.2) is 4.98 Å². The molecule has 0 atom stereocenters. The van der Waals surface area contributed by atoms with Crippen LogP contribution in [0.4, 0.5) is 24.8 Å². The second-order valence-corrected chi connectivity index (χ2v) is 5.10. The number of halogens is 3. The van der Waals surface area contributed by atoms with Gasteiger partial charge in [-0.2, -0.15) is 13.2 Å². The molecule has 1 saturated heterocycles. The van der Waals surface area contributed by atoms with Crippen molar-refractivity contribution in [3.8, 4) is 0 Å². The molecule has 2 rings (SSSR count). The number of hydrogen-bond acceptors (Lipinski definition) is 4. The smallest absolute Gasteiger partial charge is 0.373 e. The van der Waals surface area contributed by atoms with E-state index in [9.17, 15) is 13.2 Å². The van der Waals surface area contributed by atoms with E-state index in [1.54, 1.807) is 7.05 Å². The molecule has 1 aliphatic heterocycles. The molecule has 0 spiro atoms. The number of pyridine rings is 1. The molecule has 0 aliphatic carbocycles. The van der Waals surface area contributed by atoms with Gasteiger partial charge in [0, 0.05) is 13.1 Å². The van der Waals surface area contributed by atoms with Gasteiger partial charge in [-0.15, -0.1) is 0 Å². The largest absolute Gasteiger partial charge is 0.416 e. The number of hydrogen-bond donors (Lipinski definition) is 2. The van der Waals surface area contributed by atoms with Crippen LogP contribution in [-0.4, -0.2) is 43.1 Å². The number of piperidine rings is 1. The molecule has 4 nitrogen and oxygen atoms in total. The summed E-state index contributed by atoms with van der Waals surface area (Å²) in [7, 11) is 3.60. The van der Waals surface area contributed by atoms with Crippen molar-refractivity contribution in [2.45, 2.75) is 25.1 Å². The molecule has 20 heavy (non-hydrogen) atoms. The molecule has 1 aliphatic rings. The van der Waals surface area contributed by atoms with Crippen LogP contribution in [0.5, 0.6) is 0 Å². The molecule has 1 fully saturated rings. The lowest BCUT2D eigenvalue weighted by Gasteiger charge is -2.30. The minimum Gasteiger partial charge on any atom is -0.373 e. The zero-order valence-electron chi connectivity index (χ0n) is 11.6. The zero-order chi connectivity index (χ0) is 14.8. The maximum atomic E-state index is 12.8. The van der Waals surface area contributed by atoms with Gasteiger partial charge in [0.2, 0.25) is 0 Å². The minimum absolute atomic E-state index is 0.173. The molecule has 112 valence electrons. The summed E-state index contributed by atoms with van der Waals surface area (Å²) >= 11 is 0. The van der Waals surface area contributed by atoms with Crippen molar-refractivity contribution < 1.29 is 13.2 Å². The molecule has 0 saturated carbocycles. The van der Waals surface area contributed by atoms with Gasteiger partial charge < -0.3 is 15.5 Å². The molecule has 0 aromatic carbocycles. The Morgan fingerprint density at radius 3 is 2.35 bits per heavy atom. The van der Waals surface area contributed by atoms with E-state index >= 15 is 0 Å². The van der Waals surface area contributed by atoms with Gasteiger partial charge in [-0.1, -0.05) is 0 Å². The Morgan fingerprint density at radius 1 is 1.20 bits per heavy atom. The monoisotopic (exact) mass is 288 g/mol. The number of rotatable bonds is 3. The minimum atomic E-state index is -4.36. The first kappa shape index (κ1) is 14.9. The van der Waals surface area contributed by atoms with Crippen molar-refractivity contribution in [3.63, 3.8) is 0 Å². The van der Waals surface area contributed by atoms with E-state index in [1.165, 1.54) is 0 Å². The third-order valence-electron chi connectivity index (χ3n) is 3.48. The van der Waals surface area contributed by atoms with Gasteiger partial charge in [0.1, 0.15) is 11.6 Å². The van der Waals surface area contributed by atoms with E-state index in [4.69, 9.17) is 0 Å². The van der Waals surface area contributed by atoms with Crippen LogP contribution < -0.4 is 10.6 Å². The summed E-state index contributed by atoms with van der Waals surface area (Å²) in [6.45, 7) is 1.88. The first-order chi connectivity index (χ1) is 9.38. The molecule has 0 unspecified atom stereocenters. The SMILES string of the molecule is CNc1cc(C(F)(F)F)cc(NC2CCN(C)CC2)n1. The highest BCUT2D eigenvalue weighted by Crippen LogP contribution is 2.32. The highest BCUT2D eigenvalue weighted by atomic mass is 19.4. The average Bonchev–Trinajstić information content (AvgIpc) is 2.40. The predicted octanol–water partition coefficient (Wildman–Crippen LogP) is 2.65. The van der Waals surface area contributed by atoms with Gasteiger partial charge in [-0.05, 0) is 45.1 Å². The standard InChI is InChI=1S/C13H19F3N4/c1-17-11-7-9(13(14,15)16)8-12(19-11)18-10-3-5-20(2)6-4-10/h7-8,10H,3-6H2,1-2H3,(H2,17,18,19). The third-order valence-corrected chi connectivity index (χ3v) is 3.48. The van der Waals surface area contributed by atoms with Crippen molar-refractivity contribution in [2.24, 2.45) is 0 Å². The topological polar surface area (TPSA) is 40.2 Å². The number of likely N-dealkylation sites (tertiary alicyclic amines) is 1. The lowest BCUT2D eigenvalue weighted by atomic mass is 10.1. The van der Waals surface area contributed by atoms with E-state index in [2.05, 4.69) is 20.5 Å². The highest BCUT2D eigenvalue weighted by Gasteiger charge is 2.32. The third kappa shape index (κ3) is 3.75. The summed E-state index contributed by atoms with van der Waals surface area (Å²) in [5.41, 5.74) is -0.688. The molecule has 2 N–H and O–H groups in total. The molecule has 0 radical (unpaired) electrons. The van der Waals surface area contributed by atoms with Crippen LogP contribution in [0, 0.1) is 0 Å². The molecule has 7 heteroatoms. The van der Waals surface area contributed by atoms with E-state index in [0.29, 0.717) is 0 Å². The normalized spacial score (nSPS) is 18.1. The fourth-order valence-corrected chi connectivity index (χ4v) is 2.26. The number of alkyl halides is 3. The fourth-order valence-electron chi connectivity index (χ4n) is 2.26. The molecule has 0 bridgehead atoms. The van der Waals surface area contributed by atoms with Crippen LogP contribution in [0.3, 0.4) is 0 Å². The fraction of sp³-hybridized carbons (Fsp3) is 0.615. The van der Waals surface area contributed by atoms with Crippen LogP contribution in [-0.2, 0) is 6.18 Å². The second-order valence-electron chi connectivity index (χ2n) is 5.10. The number of nitrogens with zero attached hydrogens (tertiary/aromatic N) is 2. The van der Waals surface area contributed by atoms with Crippen molar-refractivity contribution in [1.29, 1.82) is 0 Å². The average molecular weight is 288 g/mol. The Balaban J connectivity index is 2.14. The lowest BCUT2D eigenvalue weighted by molar-refractivity contribution is -0.137. The van der Waals surface area contributed by atoms with Gasteiger partial charge in [-0.3, -0.25) is 0 Å². The zero-order valence-corrected chi connectivity index (χ0v) is 11.6. The Morgan fingerprint density at radius 2 is 1.80 bits per heavy atom. The van der Waals surface area contributed by atoms with Gasteiger partial charge >= 0.3 is 6.18 Å². The maximum absolute atomic E-state index is 12.8. The Kier molecular flexibility index (Phi) is 4.37. The van der Waals surface area contributed by atoms with Crippen molar-refractivity contribution in [2.75, 3.05) is 37.8 Å². The molecule has 1 aromatic heterocycles. The quantitative estimate of drug-likeness (QED) is 0.897.